The van der Waals surface area contributed by atoms with Gasteiger partial charge in [-0.1, -0.05) is 30.3 Å². The van der Waals surface area contributed by atoms with Crippen molar-refractivity contribution in [2.24, 2.45) is 5.10 Å². The van der Waals surface area contributed by atoms with Gasteiger partial charge in [0.1, 0.15) is 5.82 Å². The van der Waals surface area contributed by atoms with Crippen LogP contribution in [-0.2, 0) is 0 Å². The van der Waals surface area contributed by atoms with Gasteiger partial charge in [0.15, 0.2) is 0 Å². The fourth-order valence-corrected chi connectivity index (χ4v) is 2.60. The Labute approximate surface area is 135 Å². The number of rotatable bonds is 2. The number of aromatic nitrogens is 2. The number of benzene rings is 2. The van der Waals surface area contributed by atoms with Crippen molar-refractivity contribution in [3.05, 3.63) is 73.8 Å². The Morgan fingerprint density at radius 2 is 1.86 bits per heavy atom. The van der Waals surface area contributed by atoms with Gasteiger partial charge in [-0.25, -0.2) is 4.98 Å². The summed E-state index contributed by atoms with van der Waals surface area (Å²) in [5.74, 6) is 0.570. The highest BCUT2D eigenvalue weighted by Crippen LogP contribution is 2.10. The maximum atomic E-state index is 12.5. The molecule has 0 unspecified atom stereocenters. The van der Waals surface area contributed by atoms with E-state index in [1.54, 1.807) is 19.2 Å². The summed E-state index contributed by atoms with van der Waals surface area (Å²) in [5.41, 5.74) is 1.51. The lowest BCUT2D eigenvalue weighted by Gasteiger charge is -2.05. The largest absolute Gasteiger partial charge is 0.282 e. The molecule has 4 nitrogen and oxygen atoms in total. The fraction of sp³-hybridized carbons (Fsp3) is 0.0625. The van der Waals surface area contributed by atoms with Crippen LogP contribution in [0.2, 0.25) is 0 Å². The van der Waals surface area contributed by atoms with Gasteiger partial charge >= 0.3 is 0 Å². The maximum Gasteiger partial charge on any atom is 0.282 e. The molecule has 0 N–H and O–H groups in total. The van der Waals surface area contributed by atoms with Crippen molar-refractivity contribution in [2.45, 2.75) is 6.92 Å². The second kappa shape index (κ2) is 5.77. The molecule has 2 aromatic carbocycles. The van der Waals surface area contributed by atoms with Gasteiger partial charge in [-0.05, 0) is 47.7 Å². The normalized spacial score (nSPS) is 11.3. The Hall–Kier alpha value is -2.02. The molecule has 0 amide bonds. The van der Waals surface area contributed by atoms with E-state index in [2.05, 4.69) is 32.7 Å². The molecule has 0 atom stereocenters. The van der Waals surface area contributed by atoms with Gasteiger partial charge in [0.25, 0.3) is 5.56 Å². The average molecular weight is 389 g/mol. The van der Waals surface area contributed by atoms with Crippen LogP contribution < -0.4 is 5.56 Å². The number of hydrogen-bond acceptors (Lipinski definition) is 3. The summed E-state index contributed by atoms with van der Waals surface area (Å²) < 4.78 is 2.42. The smallest absolute Gasteiger partial charge is 0.267 e. The summed E-state index contributed by atoms with van der Waals surface area (Å²) >= 11 is 2.24. The zero-order valence-corrected chi connectivity index (χ0v) is 13.5. The third-order valence-electron chi connectivity index (χ3n) is 3.13. The van der Waals surface area contributed by atoms with Crippen molar-refractivity contribution < 1.29 is 0 Å². The molecule has 5 heteroatoms. The van der Waals surface area contributed by atoms with Crippen LogP contribution in [0.25, 0.3) is 10.9 Å². The van der Waals surface area contributed by atoms with Crippen molar-refractivity contribution in [2.75, 3.05) is 0 Å². The second-order valence-corrected chi connectivity index (χ2v) is 5.72. The van der Waals surface area contributed by atoms with Gasteiger partial charge in [0.2, 0.25) is 0 Å². The van der Waals surface area contributed by atoms with E-state index in [9.17, 15) is 4.79 Å². The standard InChI is InChI=1S/C16H12IN3O/c1-11-19-15-9-5-3-7-13(15)16(21)20(11)18-10-12-6-2-4-8-14(12)17/h2-10H,1H3/b18-10-. The van der Waals surface area contributed by atoms with E-state index < -0.39 is 0 Å². The van der Waals surface area contributed by atoms with Crippen LogP contribution in [-0.4, -0.2) is 15.9 Å². The molecule has 0 saturated carbocycles. The number of hydrogen-bond donors (Lipinski definition) is 0. The molecule has 3 aromatic rings. The number of nitrogens with zero attached hydrogens (tertiary/aromatic N) is 3. The van der Waals surface area contributed by atoms with Gasteiger partial charge in [-0.15, -0.1) is 0 Å². The first-order valence-corrected chi connectivity index (χ1v) is 7.52. The van der Waals surface area contributed by atoms with E-state index >= 15 is 0 Å². The van der Waals surface area contributed by atoms with Crippen LogP contribution in [0.4, 0.5) is 0 Å². The molecule has 0 aliphatic carbocycles. The zero-order chi connectivity index (χ0) is 14.8. The fourth-order valence-electron chi connectivity index (χ4n) is 2.07. The molecular weight excluding hydrogens is 377 g/mol. The Balaban J connectivity index is 2.13. The minimum atomic E-state index is -0.153. The zero-order valence-electron chi connectivity index (χ0n) is 11.3. The highest BCUT2D eigenvalue weighted by molar-refractivity contribution is 14.1. The molecule has 1 aromatic heterocycles. The second-order valence-electron chi connectivity index (χ2n) is 4.56. The molecule has 0 spiro atoms. The first-order valence-electron chi connectivity index (χ1n) is 6.44. The summed E-state index contributed by atoms with van der Waals surface area (Å²) in [5, 5.41) is 4.87. The van der Waals surface area contributed by atoms with Crippen LogP contribution in [0.15, 0.2) is 58.4 Å². The van der Waals surface area contributed by atoms with Crippen molar-refractivity contribution in [3.63, 3.8) is 0 Å². The van der Waals surface area contributed by atoms with Crippen LogP contribution >= 0.6 is 22.6 Å². The van der Waals surface area contributed by atoms with E-state index in [1.807, 2.05) is 42.5 Å². The minimum absolute atomic E-state index is 0.153. The third kappa shape index (κ3) is 2.73. The van der Waals surface area contributed by atoms with Crippen LogP contribution in [0.3, 0.4) is 0 Å². The molecule has 1 heterocycles. The predicted octanol–water partition coefficient (Wildman–Crippen LogP) is 3.19. The molecule has 0 saturated heterocycles. The minimum Gasteiger partial charge on any atom is -0.267 e. The lowest BCUT2D eigenvalue weighted by atomic mass is 10.2. The Kier molecular flexibility index (Phi) is 3.83. The highest BCUT2D eigenvalue weighted by atomic mass is 127. The Morgan fingerprint density at radius 1 is 1.14 bits per heavy atom. The van der Waals surface area contributed by atoms with Crippen molar-refractivity contribution in [1.82, 2.24) is 9.66 Å². The summed E-state index contributed by atoms with van der Waals surface area (Å²) in [6, 6.07) is 15.2. The molecule has 0 radical (unpaired) electrons. The quantitative estimate of drug-likeness (QED) is 0.499. The molecule has 3 rings (SSSR count). The van der Waals surface area contributed by atoms with E-state index in [1.165, 1.54) is 4.68 Å². The van der Waals surface area contributed by atoms with Gasteiger partial charge in [-0.2, -0.15) is 9.78 Å². The van der Waals surface area contributed by atoms with Gasteiger partial charge in [0, 0.05) is 9.13 Å². The first-order chi connectivity index (χ1) is 10.2. The number of para-hydroxylation sites is 1. The van der Waals surface area contributed by atoms with Gasteiger partial charge < -0.3 is 0 Å². The predicted molar refractivity (Wildman–Crippen MR) is 92.9 cm³/mol. The Morgan fingerprint density at radius 3 is 2.67 bits per heavy atom. The van der Waals surface area contributed by atoms with E-state index in [0.717, 1.165) is 9.13 Å². The highest BCUT2D eigenvalue weighted by Gasteiger charge is 2.06. The molecular formula is C16H12IN3O. The van der Waals surface area contributed by atoms with Gasteiger partial charge in [-0.3, -0.25) is 4.79 Å². The molecule has 0 aliphatic rings. The summed E-state index contributed by atoms with van der Waals surface area (Å²) in [6.45, 7) is 1.78. The van der Waals surface area contributed by atoms with E-state index in [0.29, 0.717) is 16.7 Å². The SMILES string of the molecule is Cc1nc2ccccc2c(=O)n1/N=C\c1ccccc1I. The first kappa shape index (κ1) is 13.9. The van der Waals surface area contributed by atoms with Crippen LogP contribution in [0, 0.1) is 10.5 Å². The molecule has 0 fully saturated rings. The average Bonchev–Trinajstić information content (AvgIpc) is 2.49. The number of fused-ring (bicyclic) bond motifs is 1. The van der Waals surface area contributed by atoms with Crippen molar-refractivity contribution in [3.8, 4) is 0 Å². The molecule has 104 valence electrons. The van der Waals surface area contributed by atoms with Crippen LogP contribution in [0.5, 0.6) is 0 Å². The molecule has 0 bridgehead atoms. The van der Waals surface area contributed by atoms with Crippen LogP contribution in [0.1, 0.15) is 11.4 Å². The topological polar surface area (TPSA) is 47.2 Å². The summed E-state index contributed by atoms with van der Waals surface area (Å²) in [6.07, 6.45) is 1.69. The molecule has 0 aliphatic heterocycles. The van der Waals surface area contributed by atoms with Gasteiger partial charge in [0.05, 0.1) is 17.1 Å². The number of aryl methyl sites for hydroxylation is 1. The van der Waals surface area contributed by atoms with Crippen molar-refractivity contribution in [1.29, 1.82) is 0 Å². The van der Waals surface area contributed by atoms with E-state index in [4.69, 9.17) is 0 Å². The van der Waals surface area contributed by atoms with E-state index in [-0.39, 0.29) is 5.56 Å². The monoisotopic (exact) mass is 389 g/mol. The number of halogens is 1. The Bertz CT molecular complexity index is 899. The molecule has 21 heavy (non-hydrogen) atoms. The van der Waals surface area contributed by atoms with Crippen molar-refractivity contribution >= 4 is 39.7 Å². The lowest BCUT2D eigenvalue weighted by molar-refractivity contribution is 0.771. The summed E-state index contributed by atoms with van der Waals surface area (Å²) in [4.78, 5) is 16.9. The summed E-state index contributed by atoms with van der Waals surface area (Å²) in [7, 11) is 0. The lowest BCUT2D eigenvalue weighted by Crippen LogP contribution is -2.20. The third-order valence-corrected chi connectivity index (χ3v) is 4.12. The maximum absolute atomic E-state index is 12.5.